The van der Waals surface area contributed by atoms with Gasteiger partial charge in [-0.3, -0.25) is 4.79 Å². The van der Waals surface area contributed by atoms with Crippen LogP contribution in [0.2, 0.25) is 0 Å². The quantitative estimate of drug-likeness (QED) is 0.638. The summed E-state index contributed by atoms with van der Waals surface area (Å²) in [6.45, 7) is 2.85. The molecular formula is C8H16N2OS. The van der Waals surface area contributed by atoms with E-state index in [2.05, 4.69) is 5.32 Å². The zero-order valence-corrected chi connectivity index (χ0v) is 8.32. The molecule has 1 fully saturated rings. The summed E-state index contributed by atoms with van der Waals surface area (Å²) in [5.74, 6) is 2.09. The van der Waals surface area contributed by atoms with Crippen molar-refractivity contribution in [3.8, 4) is 0 Å². The van der Waals surface area contributed by atoms with Gasteiger partial charge in [0.15, 0.2) is 0 Å². The first-order chi connectivity index (χ1) is 5.84. The van der Waals surface area contributed by atoms with Crippen LogP contribution in [-0.4, -0.2) is 49.0 Å². The summed E-state index contributed by atoms with van der Waals surface area (Å²) in [7, 11) is 1.94. The van der Waals surface area contributed by atoms with Crippen molar-refractivity contribution in [1.29, 1.82) is 0 Å². The van der Waals surface area contributed by atoms with Crippen LogP contribution in [0.5, 0.6) is 0 Å². The molecule has 0 aromatic carbocycles. The van der Waals surface area contributed by atoms with Crippen LogP contribution >= 0.6 is 11.8 Å². The van der Waals surface area contributed by atoms with E-state index in [1.54, 1.807) is 11.8 Å². The average Bonchev–Trinajstić information content (AvgIpc) is 2.09. The summed E-state index contributed by atoms with van der Waals surface area (Å²) < 4.78 is 0. The predicted molar refractivity (Wildman–Crippen MR) is 52.4 cm³/mol. The lowest BCUT2D eigenvalue weighted by Crippen LogP contribution is -2.39. The normalized spacial score (nSPS) is 18.4. The molecule has 1 heterocycles. The highest BCUT2D eigenvalue weighted by molar-refractivity contribution is 8.00. The van der Waals surface area contributed by atoms with Crippen LogP contribution in [0.1, 0.15) is 6.42 Å². The summed E-state index contributed by atoms with van der Waals surface area (Å²) in [5.41, 5.74) is 0. The number of thioether (sulfide) groups is 1. The molecule has 1 rings (SSSR count). The zero-order chi connectivity index (χ0) is 8.81. The second-order valence-corrected chi connectivity index (χ2v) is 4.00. The third kappa shape index (κ3) is 3.03. The first-order valence-corrected chi connectivity index (χ1v) is 5.50. The molecule has 70 valence electrons. The third-order valence-electron chi connectivity index (χ3n) is 1.94. The highest BCUT2D eigenvalue weighted by Crippen LogP contribution is 2.10. The number of nitrogens with zero attached hydrogens (tertiary/aromatic N) is 1. The van der Waals surface area contributed by atoms with Gasteiger partial charge in [0.25, 0.3) is 0 Å². The Morgan fingerprint density at radius 3 is 3.17 bits per heavy atom. The van der Waals surface area contributed by atoms with Gasteiger partial charge in [0.2, 0.25) is 5.91 Å². The molecule has 4 heteroatoms. The van der Waals surface area contributed by atoms with Crippen LogP contribution in [0.3, 0.4) is 0 Å². The minimum Gasteiger partial charge on any atom is -0.341 e. The summed E-state index contributed by atoms with van der Waals surface area (Å²) in [5, 5.41) is 3.08. The van der Waals surface area contributed by atoms with E-state index < -0.39 is 0 Å². The Kier molecular flexibility index (Phi) is 4.46. The maximum Gasteiger partial charge on any atom is 0.232 e. The Bertz CT molecular complexity index is 152. The molecule has 0 spiro atoms. The molecule has 1 N–H and O–H groups in total. The number of hydrogen-bond donors (Lipinski definition) is 1. The van der Waals surface area contributed by atoms with Crippen molar-refractivity contribution in [2.45, 2.75) is 6.42 Å². The number of hydrogen-bond acceptors (Lipinski definition) is 3. The van der Waals surface area contributed by atoms with E-state index in [0.717, 1.165) is 31.8 Å². The largest absolute Gasteiger partial charge is 0.341 e. The van der Waals surface area contributed by atoms with Crippen molar-refractivity contribution >= 4 is 17.7 Å². The monoisotopic (exact) mass is 188 g/mol. The van der Waals surface area contributed by atoms with Crippen molar-refractivity contribution in [1.82, 2.24) is 10.2 Å². The maximum absolute atomic E-state index is 11.3. The minimum absolute atomic E-state index is 0.308. The molecule has 0 aliphatic carbocycles. The molecule has 0 radical (unpaired) electrons. The summed E-state index contributed by atoms with van der Waals surface area (Å²) in [6.07, 6.45) is 1.06. The van der Waals surface area contributed by atoms with E-state index in [9.17, 15) is 4.79 Å². The van der Waals surface area contributed by atoms with Gasteiger partial charge in [-0.05, 0) is 20.0 Å². The van der Waals surface area contributed by atoms with Crippen molar-refractivity contribution < 1.29 is 4.79 Å². The van der Waals surface area contributed by atoms with Gasteiger partial charge in [-0.1, -0.05) is 0 Å². The van der Waals surface area contributed by atoms with Crippen molar-refractivity contribution in [3.05, 3.63) is 0 Å². The Morgan fingerprint density at radius 1 is 1.67 bits per heavy atom. The SMILES string of the molecule is CNCCCN1CCSCC1=O. The van der Waals surface area contributed by atoms with Gasteiger partial charge in [-0.2, -0.15) is 11.8 Å². The number of carbonyl (C=O) groups is 1. The summed E-state index contributed by atoms with van der Waals surface area (Å²) in [6, 6.07) is 0. The molecule has 1 aliphatic rings. The van der Waals surface area contributed by atoms with E-state index in [0.29, 0.717) is 11.7 Å². The highest BCUT2D eigenvalue weighted by Gasteiger charge is 2.16. The van der Waals surface area contributed by atoms with E-state index in [1.807, 2.05) is 11.9 Å². The van der Waals surface area contributed by atoms with Gasteiger partial charge in [-0.25, -0.2) is 0 Å². The Morgan fingerprint density at radius 2 is 2.50 bits per heavy atom. The number of amides is 1. The molecule has 1 saturated heterocycles. The van der Waals surface area contributed by atoms with E-state index in [1.165, 1.54) is 0 Å². The van der Waals surface area contributed by atoms with Crippen LogP contribution < -0.4 is 5.32 Å². The van der Waals surface area contributed by atoms with Gasteiger partial charge in [0.05, 0.1) is 5.75 Å². The van der Waals surface area contributed by atoms with Crippen LogP contribution in [0.15, 0.2) is 0 Å². The lowest BCUT2D eigenvalue weighted by molar-refractivity contribution is -0.128. The van der Waals surface area contributed by atoms with Gasteiger partial charge in [0.1, 0.15) is 0 Å². The van der Waals surface area contributed by atoms with Crippen LogP contribution in [-0.2, 0) is 4.79 Å². The molecule has 0 aromatic rings. The molecule has 0 aromatic heterocycles. The Balaban J connectivity index is 2.16. The predicted octanol–water partition coefficient (Wildman–Crippen LogP) is 0.171. The van der Waals surface area contributed by atoms with Crippen molar-refractivity contribution in [3.63, 3.8) is 0 Å². The molecular weight excluding hydrogens is 172 g/mol. The zero-order valence-electron chi connectivity index (χ0n) is 7.51. The fraction of sp³-hybridized carbons (Fsp3) is 0.875. The molecule has 1 amide bonds. The second-order valence-electron chi connectivity index (χ2n) is 2.89. The maximum atomic E-state index is 11.3. The molecule has 0 bridgehead atoms. The highest BCUT2D eigenvalue weighted by atomic mass is 32.2. The fourth-order valence-electron chi connectivity index (χ4n) is 1.23. The Labute approximate surface area is 77.9 Å². The molecule has 0 atom stereocenters. The molecule has 3 nitrogen and oxygen atoms in total. The van der Waals surface area contributed by atoms with E-state index >= 15 is 0 Å². The van der Waals surface area contributed by atoms with Crippen molar-refractivity contribution in [2.75, 3.05) is 38.2 Å². The van der Waals surface area contributed by atoms with E-state index in [-0.39, 0.29) is 0 Å². The Hall–Kier alpha value is -0.220. The fourth-order valence-corrected chi connectivity index (χ4v) is 2.08. The minimum atomic E-state index is 0.308. The lowest BCUT2D eigenvalue weighted by atomic mass is 10.3. The third-order valence-corrected chi connectivity index (χ3v) is 2.86. The van der Waals surface area contributed by atoms with Crippen LogP contribution in [0.25, 0.3) is 0 Å². The molecule has 0 saturated carbocycles. The lowest BCUT2D eigenvalue weighted by Gasteiger charge is -2.26. The molecule has 1 aliphatic heterocycles. The van der Waals surface area contributed by atoms with Gasteiger partial charge < -0.3 is 10.2 Å². The van der Waals surface area contributed by atoms with Crippen LogP contribution in [0, 0.1) is 0 Å². The number of rotatable bonds is 4. The van der Waals surface area contributed by atoms with Gasteiger partial charge in [0, 0.05) is 18.8 Å². The molecule has 0 unspecified atom stereocenters. The second kappa shape index (κ2) is 5.43. The van der Waals surface area contributed by atoms with Crippen molar-refractivity contribution in [2.24, 2.45) is 0 Å². The standard InChI is InChI=1S/C8H16N2OS/c1-9-3-2-4-10-5-6-12-7-8(10)11/h9H,2-7H2,1H3. The molecule has 12 heavy (non-hydrogen) atoms. The topological polar surface area (TPSA) is 32.3 Å². The van der Waals surface area contributed by atoms with E-state index in [4.69, 9.17) is 0 Å². The first-order valence-electron chi connectivity index (χ1n) is 4.34. The summed E-state index contributed by atoms with van der Waals surface area (Å²) in [4.78, 5) is 13.2. The average molecular weight is 188 g/mol. The van der Waals surface area contributed by atoms with Gasteiger partial charge in [-0.15, -0.1) is 0 Å². The van der Waals surface area contributed by atoms with Crippen LogP contribution in [0.4, 0.5) is 0 Å². The number of nitrogens with one attached hydrogen (secondary N) is 1. The smallest absolute Gasteiger partial charge is 0.232 e. The first kappa shape index (κ1) is 9.86. The van der Waals surface area contributed by atoms with Gasteiger partial charge >= 0.3 is 0 Å². The summed E-state index contributed by atoms with van der Waals surface area (Å²) >= 11 is 1.74. The number of carbonyl (C=O) groups excluding carboxylic acids is 1.